The molecule has 1 aromatic carbocycles. The van der Waals surface area contributed by atoms with Gasteiger partial charge in [0.15, 0.2) is 5.78 Å². The van der Waals surface area contributed by atoms with Gasteiger partial charge in [-0.1, -0.05) is 34.1 Å². The second-order valence-electron chi connectivity index (χ2n) is 3.20. The zero-order valence-corrected chi connectivity index (χ0v) is 10.3. The summed E-state index contributed by atoms with van der Waals surface area (Å²) in [6.45, 7) is 0. The molecule has 0 saturated carbocycles. The van der Waals surface area contributed by atoms with Crippen molar-refractivity contribution in [3.8, 4) is 0 Å². The number of carbonyl (C=O) groups excluding carboxylic acids is 1. The van der Waals surface area contributed by atoms with Gasteiger partial charge in [0, 0.05) is 21.8 Å². The number of halogens is 1. The number of hydrogen-bond acceptors (Lipinski definition) is 2. The zero-order chi connectivity index (χ0) is 10.7. The quantitative estimate of drug-likeness (QED) is 0.779. The van der Waals surface area contributed by atoms with Crippen molar-refractivity contribution in [3.05, 3.63) is 56.7 Å². The van der Waals surface area contributed by atoms with E-state index in [-0.39, 0.29) is 5.78 Å². The first-order valence-corrected chi connectivity index (χ1v) is 6.30. The molecule has 2 aromatic rings. The van der Waals surface area contributed by atoms with E-state index in [4.69, 9.17) is 0 Å². The Balaban J connectivity index is 2.17. The van der Waals surface area contributed by atoms with E-state index in [0.717, 1.165) is 15.6 Å². The highest BCUT2D eigenvalue weighted by molar-refractivity contribution is 9.10. The van der Waals surface area contributed by atoms with Crippen molar-refractivity contribution < 1.29 is 4.79 Å². The van der Waals surface area contributed by atoms with Gasteiger partial charge in [-0.15, -0.1) is 0 Å². The summed E-state index contributed by atoms with van der Waals surface area (Å²) < 4.78 is 0.994. The molecule has 76 valence electrons. The summed E-state index contributed by atoms with van der Waals surface area (Å²) >= 11 is 4.99. The molecular formula is C12H9BrOS. The van der Waals surface area contributed by atoms with Crippen LogP contribution in [0.4, 0.5) is 0 Å². The zero-order valence-electron chi connectivity index (χ0n) is 7.94. The fraction of sp³-hybridized carbons (Fsp3) is 0.0833. The molecule has 0 spiro atoms. The van der Waals surface area contributed by atoms with Gasteiger partial charge in [-0.2, -0.15) is 11.3 Å². The number of carbonyl (C=O) groups is 1. The second-order valence-corrected chi connectivity index (χ2v) is 4.84. The molecule has 3 heteroatoms. The second kappa shape index (κ2) is 4.73. The summed E-state index contributed by atoms with van der Waals surface area (Å²) in [7, 11) is 0. The van der Waals surface area contributed by atoms with Crippen LogP contribution in [0.15, 0.2) is 45.6 Å². The van der Waals surface area contributed by atoms with Crippen molar-refractivity contribution in [2.45, 2.75) is 6.42 Å². The Labute approximate surface area is 101 Å². The largest absolute Gasteiger partial charge is 0.294 e. The van der Waals surface area contributed by atoms with Crippen molar-refractivity contribution in [2.24, 2.45) is 0 Å². The van der Waals surface area contributed by atoms with Crippen LogP contribution in [0.2, 0.25) is 0 Å². The van der Waals surface area contributed by atoms with Gasteiger partial charge in [0.05, 0.1) is 0 Å². The summed E-state index contributed by atoms with van der Waals surface area (Å²) in [6, 6.07) is 9.68. The normalized spacial score (nSPS) is 10.2. The Hall–Kier alpha value is -0.930. The molecule has 0 saturated heterocycles. The molecule has 0 radical (unpaired) electrons. The third kappa shape index (κ3) is 2.55. The van der Waals surface area contributed by atoms with E-state index in [2.05, 4.69) is 15.9 Å². The summed E-state index contributed by atoms with van der Waals surface area (Å²) in [5, 5.41) is 3.81. The average molecular weight is 281 g/mol. The van der Waals surface area contributed by atoms with Crippen LogP contribution in [0.5, 0.6) is 0 Å². The van der Waals surface area contributed by atoms with Crippen molar-refractivity contribution in [1.29, 1.82) is 0 Å². The summed E-state index contributed by atoms with van der Waals surface area (Å²) in [6.07, 6.45) is 0.457. The SMILES string of the molecule is O=C(Cc1ccccc1Br)c1ccsc1. The highest BCUT2D eigenvalue weighted by Crippen LogP contribution is 2.18. The van der Waals surface area contributed by atoms with Gasteiger partial charge >= 0.3 is 0 Å². The monoisotopic (exact) mass is 280 g/mol. The van der Waals surface area contributed by atoms with E-state index >= 15 is 0 Å². The van der Waals surface area contributed by atoms with Crippen LogP contribution in [0.25, 0.3) is 0 Å². The van der Waals surface area contributed by atoms with Crippen LogP contribution in [0.3, 0.4) is 0 Å². The number of benzene rings is 1. The molecule has 1 nitrogen and oxygen atoms in total. The first kappa shape index (κ1) is 10.6. The first-order valence-electron chi connectivity index (χ1n) is 4.56. The molecule has 0 amide bonds. The fourth-order valence-electron chi connectivity index (χ4n) is 1.34. The topological polar surface area (TPSA) is 17.1 Å². The molecule has 0 fully saturated rings. The van der Waals surface area contributed by atoms with Crippen LogP contribution >= 0.6 is 27.3 Å². The molecule has 0 aliphatic heterocycles. The van der Waals surface area contributed by atoms with Gasteiger partial charge in [0.1, 0.15) is 0 Å². The lowest BCUT2D eigenvalue weighted by Crippen LogP contribution is -2.02. The van der Waals surface area contributed by atoms with Crippen LogP contribution in [0, 0.1) is 0 Å². The van der Waals surface area contributed by atoms with E-state index in [1.807, 2.05) is 41.1 Å². The van der Waals surface area contributed by atoms with Crippen LogP contribution in [-0.4, -0.2) is 5.78 Å². The highest BCUT2D eigenvalue weighted by Gasteiger charge is 2.08. The minimum absolute atomic E-state index is 0.170. The van der Waals surface area contributed by atoms with Crippen molar-refractivity contribution >= 4 is 33.0 Å². The summed E-state index contributed by atoms with van der Waals surface area (Å²) in [5.74, 6) is 0.170. The number of hydrogen-bond donors (Lipinski definition) is 0. The van der Waals surface area contributed by atoms with E-state index in [9.17, 15) is 4.79 Å². The third-order valence-corrected chi connectivity index (χ3v) is 3.61. The first-order chi connectivity index (χ1) is 7.27. The standard InChI is InChI=1S/C12H9BrOS/c13-11-4-2-1-3-9(11)7-12(14)10-5-6-15-8-10/h1-6,8H,7H2. The van der Waals surface area contributed by atoms with Gasteiger partial charge in [0.25, 0.3) is 0 Å². The Bertz CT molecular complexity index is 462. The molecule has 0 aliphatic rings. The van der Waals surface area contributed by atoms with E-state index < -0.39 is 0 Å². The number of ketones is 1. The van der Waals surface area contributed by atoms with Gasteiger partial charge in [-0.3, -0.25) is 4.79 Å². The van der Waals surface area contributed by atoms with Gasteiger partial charge < -0.3 is 0 Å². The molecule has 0 aliphatic carbocycles. The molecule has 2 rings (SSSR count). The predicted molar refractivity (Wildman–Crippen MR) is 66.5 cm³/mol. The maximum absolute atomic E-state index is 11.8. The van der Waals surface area contributed by atoms with Crippen LogP contribution in [-0.2, 0) is 6.42 Å². The van der Waals surface area contributed by atoms with Crippen LogP contribution < -0.4 is 0 Å². The van der Waals surface area contributed by atoms with Crippen molar-refractivity contribution in [2.75, 3.05) is 0 Å². The minimum atomic E-state index is 0.170. The number of thiophene rings is 1. The van der Waals surface area contributed by atoms with Gasteiger partial charge in [-0.05, 0) is 23.1 Å². The number of Topliss-reactive ketones (excluding diaryl/α,β-unsaturated/α-hetero) is 1. The van der Waals surface area contributed by atoms with Gasteiger partial charge in [-0.25, -0.2) is 0 Å². The average Bonchev–Trinajstić information content (AvgIpc) is 2.74. The smallest absolute Gasteiger partial charge is 0.168 e. The van der Waals surface area contributed by atoms with Crippen molar-refractivity contribution in [3.63, 3.8) is 0 Å². The summed E-state index contributed by atoms with van der Waals surface area (Å²) in [4.78, 5) is 11.8. The predicted octanol–water partition coefficient (Wildman–Crippen LogP) is 3.94. The molecule has 0 N–H and O–H groups in total. The minimum Gasteiger partial charge on any atom is -0.294 e. The maximum Gasteiger partial charge on any atom is 0.168 e. The molecule has 1 aromatic heterocycles. The lowest BCUT2D eigenvalue weighted by atomic mass is 10.1. The van der Waals surface area contributed by atoms with E-state index in [1.165, 1.54) is 0 Å². The van der Waals surface area contributed by atoms with Gasteiger partial charge in [0.2, 0.25) is 0 Å². The number of rotatable bonds is 3. The maximum atomic E-state index is 11.8. The Morgan fingerprint density at radius 3 is 2.73 bits per heavy atom. The highest BCUT2D eigenvalue weighted by atomic mass is 79.9. The third-order valence-electron chi connectivity index (χ3n) is 2.15. The molecule has 15 heavy (non-hydrogen) atoms. The molecule has 1 heterocycles. The lowest BCUT2D eigenvalue weighted by molar-refractivity contribution is 0.0993. The Morgan fingerprint density at radius 2 is 2.07 bits per heavy atom. The van der Waals surface area contributed by atoms with E-state index in [1.54, 1.807) is 11.3 Å². The fourth-order valence-corrected chi connectivity index (χ4v) is 2.43. The van der Waals surface area contributed by atoms with Crippen molar-refractivity contribution in [1.82, 2.24) is 0 Å². The Morgan fingerprint density at radius 1 is 1.27 bits per heavy atom. The lowest BCUT2D eigenvalue weighted by Gasteiger charge is -2.01. The summed E-state index contributed by atoms with van der Waals surface area (Å²) in [5.41, 5.74) is 1.84. The van der Waals surface area contributed by atoms with E-state index in [0.29, 0.717) is 6.42 Å². The Kier molecular flexibility index (Phi) is 3.34. The van der Waals surface area contributed by atoms with Crippen LogP contribution in [0.1, 0.15) is 15.9 Å². The molecular weight excluding hydrogens is 272 g/mol. The molecule has 0 bridgehead atoms. The molecule has 0 unspecified atom stereocenters. The molecule has 0 atom stereocenters.